The van der Waals surface area contributed by atoms with Crippen molar-refractivity contribution in [2.45, 2.75) is 0 Å². The molecular formula is C11H11N7. The molecule has 0 aliphatic heterocycles. The first-order valence-corrected chi connectivity index (χ1v) is 5.34. The first-order valence-electron chi connectivity index (χ1n) is 5.34. The highest BCUT2D eigenvalue weighted by molar-refractivity contribution is 5.72. The van der Waals surface area contributed by atoms with Crippen LogP contribution in [0.1, 0.15) is 0 Å². The van der Waals surface area contributed by atoms with E-state index >= 15 is 0 Å². The summed E-state index contributed by atoms with van der Waals surface area (Å²) in [6.45, 7) is 0. The molecule has 0 amide bonds. The van der Waals surface area contributed by atoms with Gasteiger partial charge >= 0.3 is 0 Å². The van der Waals surface area contributed by atoms with Crippen molar-refractivity contribution in [2.24, 2.45) is 7.05 Å². The van der Waals surface area contributed by atoms with Gasteiger partial charge in [-0.15, -0.1) is 0 Å². The minimum atomic E-state index is 0.632. The molecule has 0 saturated carbocycles. The van der Waals surface area contributed by atoms with E-state index in [1.54, 1.807) is 28.1 Å². The molecule has 90 valence electrons. The monoisotopic (exact) mass is 241 g/mol. The van der Waals surface area contributed by atoms with Gasteiger partial charge in [-0.1, -0.05) is 0 Å². The number of hydrogen-bond acceptors (Lipinski definition) is 5. The van der Waals surface area contributed by atoms with Gasteiger partial charge in [0.1, 0.15) is 12.7 Å². The van der Waals surface area contributed by atoms with Crippen LogP contribution in [0.4, 0.5) is 5.69 Å². The van der Waals surface area contributed by atoms with Crippen LogP contribution in [-0.2, 0) is 7.05 Å². The van der Waals surface area contributed by atoms with Crippen molar-refractivity contribution in [3.05, 3.63) is 37.2 Å². The quantitative estimate of drug-likeness (QED) is 0.711. The van der Waals surface area contributed by atoms with E-state index in [9.17, 15) is 0 Å². The molecule has 3 aromatic rings. The van der Waals surface area contributed by atoms with Crippen molar-refractivity contribution in [3.8, 4) is 17.1 Å². The lowest BCUT2D eigenvalue weighted by Crippen LogP contribution is -2.00. The Hall–Kier alpha value is -2.70. The van der Waals surface area contributed by atoms with Gasteiger partial charge < -0.3 is 5.73 Å². The number of aromatic nitrogens is 6. The molecular weight excluding hydrogens is 230 g/mol. The molecule has 3 heterocycles. The van der Waals surface area contributed by atoms with Crippen LogP contribution in [0.2, 0.25) is 0 Å². The molecule has 0 aliphatic carbocycles. The van der Waals surface area contributed by atoms with Gasteiger partial charge in [-0.2, -0.15) is 10.2 Å². The van der Waals surface area contributed by atoms with Crippen LogP contribution in [0.15, 0.2) is 37.2 Å². The molecule has 0 fully saturated rings. The average Bonchev–Trinajstić information content (AvgIpc) is 3.01. The summed E-state index contributed by atoms with van der Waals surface area (Å²) in [6.07, 6.45) is 6.43. The fraction of sp³-hybridized carbons (Fsp3) is 0.0909. The maximum atomic E-state index is 5.87. The number of rotatable bonds is 2. The maximum absolute atomic E-state index is 5.87. The Bertz CT molecular complexity index is 632. The highest BCUT2D eigenvalue weighted by Crippen LogP contribution is 2.24. The molecule has 3 aromatic heterocycles. The third kappa shape index (κ3) is 1.61. The average molecular weight is 241 g/mol. The Morgan fingerprint density at radius 3 is 2.61 bits per heavy atom. The molecule has 0 spiro atoms. The lowest BCUT2D eigenvalue weighted by Gasteiger charge is -2.04. The summed E-state index contributed by atoms with van der Waals surface area (Å²) < 4.78 is 3.32. The number of anilines is 1. The largest absolute Gasteiger partial charge is 0.396 e. The topological polar surface area (TPSA) is 87.4 Å². The second-order valence-electron chi connectivity index (χ2n) is 3.82. The van der Waals surface area contributed by atoms with Gasteiger partial charge in [0.05, 0.1) is 17.6 Å². The molecule has 0 radical (unpaired) electrons. The summed E-state index contributed by atoms with van der Waals surface area (Å²) in [4.78, 5) is 8.20. The van der Waals surface area contributed by atoms with E-state index in [1.165, 1.54) is 6.33 Å². The van der Waals surface area contributed by atoms with Gasteiger partial charge in [0.25, 0.3) is 0 Å². The minimum Gasteiger partial charge on any atom is -0.396 e. The maximum Gasteiger partial charge on any atom is 0.155 e. The fourth-order valence-electron chi connectivity index (χ4n) is 1.80. The number of nitrogen functional groups attached to an aromatic ring is 1. The zero-order chi connectivity index (χ0) is 12.5. The molecule has 0 aromatic carbocycles. The van der Waals surface area contributed by atoms with Gasteiger partial charge in [0.2, 0.25) is 0 Å². The van der Waals surface area contributed by atoms with E-state index in [-0.39, 0.29) is 0 Å². The molecule has 7 nitrogen and oxygen atoms in total. The Kier molecular flexibility index (Phi) is 2.30. The third-order valence-corrected chi connectivity index (χ3v) is 2.64. The second-order valence-corrected chi connectivity index (χ2v) is 3.82. The summed E-state index contributed by atoms with van der Waals surface area (Å²) in [5, 5.41) is 8.12. The third-order valence-electron chi connectivity index (χ3n) is 2.64. The molecule has 0 unspecified atom stereocenters. The molecule has 0 bridgehead atoms. The smallest absolute Gasteiger partial charge is 0.155 e. The molecule has 0 saturated heterocycles. The number of aryl methyl sites for hydroxylation is 1. The summed E-state index contributed by atoms with van der Waals surface area (Å²) in [5.41, 5.74) is 8.27. The van der Waals surface area contributed by atoms with Gasteiger partial charge in [-0.05, 0) is 12.1 Å². The van der Waals surface area contributed by atoms with Crippen LogP contribution < -0.4 is 5.73 Å². The van der Waals surface area contributed by atoms with E-state index in [0.717, 1.165) is 11.3 Å². The van der Waals surface area contributed by atoms with E-state index in [2.05, 4.69) is 20.2 Å². The normalized spacial score (nSPS) is 10.7. The van der Waals surface area contributed by atoms with Crippen LogP contribution >= 0.6 is 0 Å². The van der Waals surface area contributed by atoms with E-state index in [1.807, 2.05) is 19.2 Å². The number of nitrogens with zero attached hydrogens (tertiary/aromatic N) is 6. The summed E-state index contributed by atoms with van der Waals surface area (Å²) in [5.74, 6) is 0.706. The zero-order valence-electron chi connectivity index (χ0n) is 9.72. The molecule has 7 heteroatoms. The first kappa shape index (κ1) is 10.5. The molecule has 3 rings (SSSR count). The molecule has 0 atom stereocenters. The fourth-order valence-corrected chi connectivity index (χ4v) is 1.80. The number of pyridine rings is 1. The van der Waals surface area contributed by atoms with E-state index in [0.29, 0.717) is 11.5 Å². The molecule has 0 aliphatic rings. The van der Waals surface area contributed by atoms with Crippen molar-refractivity contribution >= 4 is 5.69 Å². The Morgan fingerprint density at radius 2 is 2.06 bits per heavy atom. The number of hydrogen-bond donors (Lipinski definition) is 1. The van der Waals surface area contributed by atoms with Crippen LogP contribution in [0.3, 0.4) is 0 Å². The minimum absolute atomic E-state index is 0.632. The summed E-state index contributed by atoms with van der Waals surface area (Å²) in [7, 11) is 1.84. The lowest BCUT2D eigenvalue weighted by molar-refractivity contribution is 0.775. The van der Waals surface area contributed by atoms with Crippen LogP contribution in [-0.4, -0.2) is 29.5 Å². The van der Waals surface area contributed by atoms with Crippen LogP contribution in [0.5, 0.6) is 0 Å². The standard InChI is InChI=1S/C11H11N7/c1-17-11(9(12)5-15-17)8-2-3-10(14-4-8)18-7-13-6-16-18/h2-7H,12H2,1H3. The zero-order valence-corrected chi connectivity index (χ0v) is 9.72. The van der Waals surface area contributed by atoms with Gasteiger partial charge in [0, 0.05) is 18.8 Å². The van der Waals surface area contributed by atoms with Gasteiger partial charge in [-0.25, -0.2) is 14.6 Å². The Balaban J connectivity index is 2.02. The predicted molar refractivity (Wildman–Crippen MR) is 65.8 cm³/mol. The number of nitrogens with two attached hydrogens (primary N) is 1. The van der Waals surface area contributed by atoms with Gasteiger partial charge in [0.15, 0.2) is 5.82 Å². The molecule has 18 heavy (non-hydrogen) atoms. The SMILES string of the molecule is Cn1ncc(N)c1-c1ccc(-n2cncn2)nc1. The van der Waals surface area contributed by atoms with Crippen molar-refractivity contribution in [1.82, 2.24) is 29.5 Å². The summed E-state index contributed by atoms with van der Waals surface area (Å²) in [6, 6.07) is 3.79. The van der Waals surface area contributed by atoms with Crippen molar-refractivity contribution < 1.29 is 0 Å². The highest BCUT2D eigenvalue weighted by atomic mass is 15.3. The van der Waals surface area contributed by atoms with Crippen molar-refractivity contribution in [1.29, 1.82) is 0 Å². The Morgan fingerprint density at radius 1 is 1.17 bits per heavy atom. The van der Waals surface area contributed by atoms with Gasteiger partial charge in [-0.3, -0.25) is 4.68 Å². The van der Waals surface area contributed by atoms with Crippen LogP contribution in [0.25, 0.3) is 17.1 Å². The molecule has 2 N–H and O–H groups in total. The van der Waals surface area contributed by atoms with E-state index < -0.39 is 0 Å². The van der Waals surface area contributed by atoms with Crippen LogP contribution in [0, 0.1) is 0 Å². The predicted octanol–water partition coefficient (Wildman–Crippen LogP) is 0.645. The van der Waals surface area contributed by atoms with Crippen molar-refractivity contribution in [3.63, 3.8) is 0 Å². The lowest BCUT2D eigenvalue weighted by atomic mass is 10.2. The van der Waals surface area contributed by atoms with E-state index in [4.69, 9.17) is 5.73 Å². The summed E-state index contributed by atoms with van der Waals surface area (Å²) >= 11 is 0. The Labute approximate surface area is 103 Å². The first-order chi connectivity index (χ1) is 8.75. The highest BCUT2D eigenvalue weighted by Gasteiger charge is 2.09. The second kappa shape index (κ2) is 3.95. The van der Waals surface area contributed by atoms with Crippen molar-refractivity contribution in [2.75, 3.05) is 5.73 Å².